The first-order valence-electron chi connectivity index (χ1n) is 4.11. The molecule has 0 amide bonds. The third-order valence-electron chi connectivity index (χ3n) is 2.41. The molecule has 0 aliphatic carbocycles. The second-order valence-electron chi connectivity index (χ2n) is 3.67. The highest BCUT2D eigenvalue weighted by Crippen LogP contribution is 2.19. The summed E-state index contributed by atoms with van der Waals surface area (Å²) in [6.07, 6.45) is 0. The van der Waals surface area contributed by atoms with Gasteiger partial charge in [-0.25, -0.2) is 0 Å². The van der Waals surface area contributed by atoms with Gasteiger partial charge in [-0.2, -0.15) is 0 Å². The molecule has 1 atom stereocenters. The molecule has 1 heterocycles. The van der Waals surface area contributed by atoms with E-state index in [0.717, 1.165) is 5.92 Å². The second kappa shape index (κ2) is 2.89. The summed E-state index contributed by atoms with van der Waals surface area (Å²) in [5, 5.41) is 0. The van der Waals surface area contributed by atoms with Crippen LogP contribution in [0.3, 0.4) is 0 Å². The molecule has 1 aliphatic rings. The zero-order chi connectivity index (χ0) is 7.72. The van der Waals surface area contributed by atoms with Crippen molar-refractivity contribution in [3.63, 3.8) is 0 Å². The van der Waals surface area contributed by atoms with E-state index in [-0.39, 0.29) is 0 Å². The quantitative estimate of drug-likeness (QED) is 0.614. The third kappa shape index (κ3) is 1.50. The summed E-state index contributed by atoms with van der Waals surface area (Å²) in [6.45, 7) is 8.97. The first-order chi connectivity index (χ1) is 4.61. The van der Waals surface area contributed by atoms with Crippen LogP contribution in [0.5, 0.6) is 0 Å². The van der Waals surface area contributed by atoms with Gasteiger partial charge in [-0.3, -0.25) is 0 Å². The molecule has 0 aromatic rings. The van der Waals surface area contributed by atoms with Crippen molar-refractivity contribution in [1.82, 2.24) is 4.90 Å². The van der Waals surface area contributed by atoms with Crippen molar-refractivity contribution in [3.05, 3.63) is 0 Å². The molecule has 2 heteroatoms. The summed E-state index contributed by atoms with van der Waals surface area (Å²) in [5.41, 5.74) is 5.73. The molecule has 2 nitrogen and oxygen atoms in total. The molecule has 0 radical (unpaired) electrons. The maximum Gasteiger partial charge on any atom is 0.00632 e. The largest absolute Gasteiger partial charge is 0.328 e. The topological polar surface area (TPSA) is 29.3 Å². The number of hydrogen-bond acceptors (Lipinski definition) is 2. The van der Waals surface area contributed by atoms with Crippen LogP contribution in [0.4, 0.5) is 0 Å². The van der Waals surface area contributed by atoms with Gasteiger partial charge in [-0.15, -0.1) is 0 Å². The lowest BCUT2D eigenvalue weighted by molar-refractivity contribution is 0.0558. The Labute approximate surface area is 63.4 Å². The maximum absolute atomic E-state index is 5.73. The van der Waals surface area contributed by atoms with Crippen LogP contribution < -0.4 is 5.73 Å². The van der Waals surface area contributed by atoms with Crippen LogP contribution in [0.15, 0.2) is 0 Å². The van der Waals surface area contributed by atoms with Gasteiger partial charge in [0.2, 0.25) is 0 Å². The zero-order valence-electron chi connectivity index (χ0n) is 7.17. The van der Waals surface area contributed by atoms with E-state index in [1.54, 1.807) is 0 Å². The van der Waals surface area contributed by atoms with E-state index in [2.05, 4.69) is 25.7 Å². The summed E-state index contributed by atoms with van der Waals surface area (Å²) in [6, 6.07) is 1.09. The molecule has 1 rings (SSSR count). The Bertz CT molecular complexity index is 91.8. The maximum atomic E-state index is 5.73. The molecule has 1 fully saturated rings. The van der Waals surface area contributed by atoms with Crippen molar-refractivity contribution in [1.29, 1.82) is 0 Å². The summed E-state index contributed by atoms with van der Waals surface area (Å²) in [7, 11) is 0. The van der Waals surface area contributed by atoms with Gasteiger partial charge in [-0.1, -0.05) is 0 Å². The lowest BCUT2D eigenvalue weighted by atomic mass is 9.92. The highest BCUT2D eigenvalue weighted by molar-refractivity contribution is 4.86. The Morgan fingerprint density at radius 1 is 1.30 bits per heavy atom. The molecule has 1 aliphatic heterocycles. The molecule has 0 bridgehead atoms. The normalized spacial score (nSPS) is 24.9. The first kappa shape index (κ1) is 8.02. The Kier molecular flexibility index (Phi) is 2.32. The molecule has 60 valence electrons. The minimum atomic E-state index is 0.384. The SMILES string of the molecule is CC(N)C1CN(C(C)C)C1. The van der Waals surface area contributed by atoms with Gasteiger partial charge in [0.25, 0.3) is 0 Å². The van der Waals surface area contributed by atoms with Crippen molar-refractivity contribution in [2.24, 2.45) is 11.7 Å². The summed E-state index contributed by atoms with van der Waals surface area (Å²) < 4.78 is 0. The Hall–Kier alpha value is -0.0800. The van der Waals surface area contributed by atoms with Crippen molar-refractivity contribution >= 4 is 0 Å². The molecule has 10 heavy (non-hydrogen) atoms. The third-order valence-corrected chi connectivity index (χ3v) is 2.41. The molecule has 2 N–H and O–H groups in total. The van der Waals surface area contributed by atoms with Gasteiger partial charge < -0.3 is 10.6 Å². The average molecular weight is 142 g/mol. The molecule has 0 saturated carbocycles. The lowest BCUT2D eigenvalue weighted by Gasteiger charge is -2.43. The molecular weight excluding hydrogens is 124 g/mol. The van der Waals surface area contributed by atoms with Gasteiger partial charge in [0.1, 0.15) is 0 Å². The van der Waals surface area contributed by atoms with Gasteiger partial charge in [0.15, 0.2) is 0 Å². The van der Waals surface area contributed by atoms with Crippen LogP contribution in [0, 0.1) is 5.92 Å². The standard InChI is InChI=1S/C8H18N2/c1-6(2)10-4-8(5-10)7(3)9/h6-8H,4-5,9H2,1-3H3. The number of likely N-dealkylation sites (tertiary alicyclic amines) is 1. The molecule has 0 spiro atoms. The Balaban J connectivity index is 2.18. The summed E-state index contributed by atoms with van der Waals surface area (Å²) in [5.74, 6) is 0.752. The summed E-state index contributed by atoms with van der Waals surface area (Å²) >= 11 is 0. The van der Waals surface area contributed by atoms with E-state index in [4.69, 9.17) is 5.73 Å². The van der Waals surface area contributed by atoms with Crippen LogP contribution in [-0.2, 0) is 0 Å². The van der Waals surface area contributed by atoms with E-state index >= 15 is 0 Å². The first-order valence-corrected chi connectivity index (χ1v) is 4.11. The molecule has 1 unspecified atom stereocenters. The predicted octanol–water partition coefficient (Wildman–Crippen LogP) is 0.674. The van der Waals surface area contributed by atoms with Crippen LogP contribution in [0.2, 0.25) is 0 Å². The number of hydrogen-bond donors (Lipinski definition) is 1. The van der Waals surface area contributed by atoms with Crippen molar-refractivity contribution < 1.29 is 0 Å². The van der Waals surface area contributed by atoms with Crippen molar-refractivity contribution in [2.75, 3.05) is 13.1 Å². The predicted molar refractivity (Wildman–Crippen MR) is 43.8 cm³/mol. The average Bonchev–Trinajstić information content (AvgIpc) is 1.56. The number of rotatable bonds is 2. The monoisotopic (exact) mass is 142 g/mol. The fourth-order valence-corrected chi connectivity index (χ4v) is 1.30. The second-order valence-corrected chi connectivity index (χ2v) is 3.67. The van der Waals surface area contributed by atoms with Gasteiger partial charge in [-0.05, 0) is 26.7 Å². The van der Waals surface area contributed by atoms with Crippen LogP contribution in [0.25, 0.3) is 0 Å². The van der Waals surface area contributed by atoms with Gasteiger partial charge >= 0.3 is 0 Å². The molecule has 0 aromatic heterocycles. The van der Waals surface area contributed by atoms with Crippen LogP contribution in [0.1, 0.15) is 20.8 Å². The van der Waals surface area contributed by atoms with E-state index in [9.17, 15) is 0 Å². The van der Waals surface area contributed by atoms with E-state index in [0.29, 0.717) is 12.1 Å². The smallest absolute Gasteiger partial charge is 0.00632 e. The van der Waals surface area contributed by atoms with Crippen LogP contribution >= 0.6 is 0 Å². The van der Waals surface area contributed by atoms with Crippen molar-refractivity contribution in [3.8, 4) is 0 Å². The highest BCUT2D eigenvalue weighted by atomic mass is 15.2. The van der Waals surface area contributed by atoms with Gasteiger partial charge in [0, 0.05) is 25.2 Å². The fourth-order valence-electron chi connectivity index (χ4n) is 1.30. The van der Waals surface area contributed by atoms with E-state index < -0.39 is 0 Å². The molecular formula is C8H18N2. The summed E-state index contributed by atoms with van der Waals surface area (Å²) in [4.78, 5) is 2.45. The number of nitrogens with zero attached hydrogens (tertiary/aromatic N) is 1. The Morgan fingerprint density at radius 2 is 1.80 bits per heavy atom. The van der Waals surface area contributed by atoms with Crippen molar-refractivity contribution in [2.45, 2.75) is 32.9 Å². The minimum absolute atomic E-state index is 0.384. The molecule has 0 aromatic carbocycles. The number of nitrogens with two attached hydrogens (primary N) is 1. The lowest BCUT2D eigenvalue weighted by Crippen LogP contribution is -2.55. The highest BCUT2D eigenvalue weighted by Gasteiger charge is 2.30. The fraction of sp³-hybridized carbons (Fsp3) is 1.00. The van der Waals surface area contributed by atoms with Crippen LogP contribution in [-0.4, -0.2) is 30.1 Å². The molecule has 1 saturated heterocycles. The van der Waals surface area contributed by atoms with Gasteiger partial charge in [0.05, 0.1) is 0 Å². The Morgan fingerprint density at radius 3 is 2.10 bits per heavy atom. The zero-order valence-corrected chi connectivity index (χ0v) is 7.17. The van der Waals surface area contributed by atoms with E-state index in [1.807, 2.05) is 0 Å². The minimum Gasteiger partial charge on any atom is -0.328 e. The van der Waals surface area contributed by atoms with E-state index in [1.165, 1.54) is 13.1 Å².